The monoisotopic (exact) mass is 2170 g/mol. The van der Waals surface area contributed by atoms with Crippen molar-refractivity contribution in [3.8, 4) is 34.5 Å². The molecule has 0 radical (unpaired) electrons. The zero-order chi connectivity index (χ0) is 101. The zero-order valence-corrected chi connectivity index (χ0v) is 90.8. The molecule has 0 spiro atoms. The third kappa shape index (κ3) is 26.9. The first-order valence-electron chi connectivity index (χ1n) is 44.1. The van der Waals surface area contributed by atoms with E-state index in [9.17, 15) is 35.1 Å². The van der Waals surface area contributed by atoms with Gasteiger partial charge in [-0.1, -0.05) is 93.7 Å². The van der Waals surface area contributed by atoms with Crippen molar-refractivity contribution < 1.29 is 63.5 Å². The van der Waals surface area contributed by atoms with Gasteiger partial charge in [0.2, 0.25) is 17.8 Å². The number of fused-ring (bicyclic) bond motifs is 2. The smallest absolute Gasteiger partial charge is 0.231 e. The fraction of sp³-hybridized carbons (Fsp3) is 0.306. The number of methoxy groups -OCH3 is 6. The van der Waals surface area contributed by atoms with E-state index in [0.29, 0.717) is 130 Å². The lowest BCUT2D eigenvalue weighted by molar-refractivity contribution is 0.209. The van der Waals surface area contributed by atoms with Crippen molar-refractivity contribution in [2.45, 2.75) is 87.1 Å². The van der Waals surface area contributed by atoms with Gasteiger partial charge in [-0.25, -0.2) is 36.8 Å². The van der Waals surface area contributed by atoms with Crippen LogP contribution in [0.3, 0.4) is 0 Å². The fourth-order valence-corrected chi connectivity index (χ4v) is 22.5. The van der Waals surface area contributed by atoms with Gasteiger partial charge < -0.3 is 88.5 Å². The first kappa shape index (κ1) is 107. The maximum atomic E-state index is 13.0. The Hall–Kier alpha value is -10.9. The second kappa shape index (κ2) is 45.8. The Bertz CT molecular complexity index is 7180. The van der Waals surface area contributed by atoms with Gasteiger partial charge in [-0.15, -0.1) is 0 Å². The second-order valence-electron chi connectivity index (χ2n) is 34.9. The van der Waals surface area contributed by atoms with Crippen molar-refractivity contribution in [1.29, 1.82) is 0 Å². The van der Waals surface area contributed by atoms with Crippen molar-refractivity contribution >= 4 is 217 Å². The van der Waals surface area contributed by atoms with Gasteiger partial charge in [-0.2, -0.15) is 19.9 Å². The molecule has 736 valence electrons. The molecule has 139 heavy (non-hydrogen) atoms. The van der Waals surface area contributed by atoms with E-state index in [4.69, 9.17) is 61.6 Å². The lowest BCUT2D eigenvalue weighted by Crippen LogP contribution is -2.48. The summed E-state index contributed by atoms with van der Waals surface area (Å²) in [6.07, 6.45) is 11.0. The zero-order valence-electron chi connectivity index (χ0n) is 80.9. The van der Waals surface area contributed by atoms with Gasteiger partial charge in [-0.3, -0.25) is 4.90 Å². The SMILES string of the molecule is COc1cc(N2CCN(C(C)C)CC2)ccc1Cc1nc2c(c(Cc3ccccc3P(C)(C)=O)n1)C=CC2.COc1cc(P(C)(C)=O)ccc1Nc1nc(Nc2ccccc2S(=O)(=O)C(C)C)c2c(Br)c[nH]c2n1.COc1cc(P(C)(C)=O)ccc1Nc1ncc(Cl)c(Nc2ccc(Br)cc2S(=O)(=O)C(C)C)n1.COc1ccc(Nc2nc(Nc3ccc(P(C)(C)=O)cc3OC)ncc2Cl)c(OC)c1. The molecule has 0 unspecified atom stereocenters. The van der Waals surface area contributed by atoms with Gasteiger partial charge in [0.15, 0.2) is 31.3 Å². The van der Waals surface area contributed by atoms with Crippen LogP contribution in [-0.4, -0.2) is 205 Å². The summed E-state index contributed by atoms with van der Waals surface area (Å²) >= 11 is 19.5. The number of H-pyrrole nitrogens is 1. The molecule has 1 saturated heterocycles. The highest BCUT2D eigenvalue weighted by Crippen LogP contribution is 2.45. The van der Waals surface area contributed by atoms with Gasteiger partial charge >= 0.3 is 0 Å². The van der Waals surface area contributed by atoms with Crippen LogP contribution in [-0.2, 0) is 57.2 Å². The normalized spacial score (nSPS) is 12.9. The second-order valence-corrected chi connectivity index (χ2v) is 55.3. The summed E-state index contributed by atoms with van der Waals surface area (Å²) in [6.45, 7) is 29.1. The van der Waals surface area contributed by atoms with Gasteiger partial charge in [0, 0.05) is 117 Å². The van der Waals surface area contributed by atoms with Crippen molar-refractivity contribution in [3.63, 3.8) is 0 Å². The molecule has 41 heteroatoms. The maximum absolute atomic E-state index is 13.0. The molecule has 0 atom stereocenters. The molecule has 15 rings (SSSR count). The highest BCUT2D eigenvalue weighted by molar-refractivity contribution is 9.11. The average Bonchev–Trinajstić information content (AvgIpc) is 1.74. The molecule has 5 aromatic heterocycles. The molecule has 2 aliphatic rings. The number of anilines is 13. The van der Waals surface area contributed by atoms with Crippen LogP contribution in [0.25, 0.3) is 17.1 Å². The number of aromatic amines is 1. The number of sulfone groups is 2. The first-order chi connectivity index (χ1) is 65.7. The summed E-state index contributed by atoms with van der Waals surface area (Å²) in [5, 5.41) is 21.8. The minimum atomic E-state index is -3.58. The molecule has 1 aliphatic heterocycles. The number of halogens is 4. The quantitative estimate of drug-likeness (QED) is 0.0193. The van der Waals surface area contributed by atoms with E-state index in [1.165, 1.54) is 32.3 Å². The molecular weight excluding hydrogens is 2060 g/mol. The third-order valence-corrected chi connectivity index (χ3v) is 34.9. The molecule has 1 fully saturated rings. The number of rotatable bonds is 32. The molecule has 8 aromatic carbocycles. The largest absolute Gasteiger partial charge is 0.497 e. The number of allylic oxidation sites excluding steroid dienone is 1. The number of nitrogens with zero attached hydrogens (tertiary/aromatic N) is 10. The van der Waals surface area contributed by atoms with Crippen LogP contribution in [0.4, 0.5) is 75.1 Å². The van der Waals surface area contributed by atoms with Crippen molar-refractivity contribution in [2.75, 3.05) is 159 Å². The van der Waals surface area contributed by atoms with E-state index < -0.39 is 58.7 Å². The lowest BCUT2D eigenvalue weighted by Gasteiger charge is -2.38. The van der Waals surface area contributed by atoms with Crippen LogP contribution in [0.2, 0.25) is 10.0 Å². The Morgan fingerprint density at radius 1 is 0.453 bits per heavy atom. The van der Waals surface area contributed by atoms with E-state index in [1.807, 2.05) is 31.5 Å². The van der Waals surface area contributed by atoms with Crippen molar-refractivity contribution in [3.05, 3.63) is 235 Å². The van der Waals surface area contributed by atoms with Gasteiger partial charge in [0.25, 0.3) is 0 Å². The van der Waals surface area contributed by atoms with Crippen LogP contribution in [0, 0.1) is 0 Å². The lowest BCUT2D eigenvalue weighted by atomic mass is 10.0. The summed E-state index contributed by atoms with van der Waals surface area (Å²) in [4.78, 5) is 44.9. The predicted molar refractivity (Wildman–Crippen MR) is 574 cm³/mol. The standard InChI is InChI=1S/C31H39N4O2P.C24H27BrN5O4PS.C22H25BrClN4O4PS.C21H24ClN4O4P/c1-22(2)34-15-17-35(18-16-34)25-14-13-23(29(21-25)37-3)20-31-32-27-11-8-10-26(27)28(33-31)19-24-9-6-7-12-30(24)38(4,5)36;1-14(2)36(32,33)20-9-7-6-8-18(20)27-23-21-16(25)13-26-22(21)29-24(30-23)28-17-11-10-15(35(4,5)31)12-19(17)34-3;1-13(2)34(30,31)20-10-14(23)6-8-18(20)26-21-16(24)12-25-22(28-21)27-17-9-7-15(33(4,5)29)11-19(17)32-3;1-28-13-6-8-16(18(10-13)29-2)24-20-15(22)12-23-21(26-20)25-17-9-7-14(31(4,5)27)11-19(17)30-3/h6-10,12-14,21-22H,11,15-20H2,1-5H3;6-14H,1-5H3,(H3,26,27,28,29,30);6-13H,1-5H3,(H2,25,26,27,28);6-12H,1-5H3,(H2,23,24,25,26). The summed E-state index contributed by atoms with van der Waals surface area (Å²) in [5.74, 6) is 6.22. The topological polar surface area (TPSA) is 390 Å². The van der Waals surface area contributed by atoms with Crippen LogP contribution < -0.4 is 86.4 Å². The van der Waals surface area contributed by atoms with E-state index in [1.54, 1.807) is 218 Å². The number of aromatic nitrogens is 9. The summed E-state index contributed by atoms with van der Waals surface area (Å²) < 4.78 is 136. The van der Waals surface area contributed by atoms with Crippen LogP contribution >= 0.6 is 83.6 Å². The van der Waals surface area contributed by atoms with Crippen molar-refractivity contribution in [2.24, 2.45) is 0 Å². The molecular formula is C98H115Br2Cl2N17O14P4S2. The summed E-state index contributed by atoms with van der Waals surface area (Å²) in [6, 6.07) is 48.0. The summed E-state index contributed by atoms with van der Waals surface area (Å²) in [5.41, 5.74) is 10.3. The number of hydrogen-bond donors (Lipinski definition) is 7. The molecule has 1 aliphatic carbocycles. The van der Waals surface area contributed by atoms with E-state index in [-0.39, 0.29) is 32.5 Å². The maximum Gasteiger partial charge on any atom is 0.231 e. The van der Waals surface area contributed by atoms with E-state index in [0.717, 1.165) is 87.3 Å². The number of nitrogens with one attached hydrogen (secondary N) is 7. The number of piperazine rings is 1. The van der Waals surface area contributed by atoms with Gasteiger partial charge in [0.05, 0.1) is 126 Å². The highest BCUT2D eigenvalue weighted by atomic mass is 79.9. The number of ether oxygens (including phenoxy) is 6. The highest BCUT2D eigenvalue weighted by Gasteiger charge is 2.30. The van der Waals surface area contributed by atoms with Gasteiger partial charge in [0.1, 0.15) is 90.4 Å². The Balaban J connectivity index is 0.000000166. The number of para-hydroxylation sites is 1. The molecule has 13 aromatic rings. The van der Waals surface area contributed by atoms with E-state index in [2.05, 4.69) is 159 Å². The molecule has 31 nitrogen and oxygen atoms in total. The Kier molecular flexibility index (Phi) is 35.2. The van der Waals surface area contributed by atoms with Crippen LogP contribution in [0.1, 0.15) is 75.4 Å². The molecule has 6 heterocycles. The molecule has 7 N–H and O–H groups in total. The van der Waals surface area contributed by atoms with Crippen molar-refractivity contribution in [1.82, 2.24) is 49.8 Å². The van der Waals surface area contributed by atoms with E-state index >= 15 is 0 Å². The minimum absolute atomic E-state index is 0.127. The predicted octanol–water partition coefficient (Wildman–Crippen LogP) is 21.4. The molecule has 0 saturated carbocycles. The third-order valence-electron chi connectivity index (χ3n) is 22.7. The molecule has 0 bridgehead atoms. The number of benzene rings is 8. The Labute approximate surface area is 839 Å². The van der Waals surface area contributed by atoms with Crippen LogP contribution in [0.15, 0.2) is 201 Å². The van der Waals surface area contributed by atoms with Gasteiger partial charge in [-0.05, 0) is 219 Å². The average molecular weight is 2170 g/mol. The fourth-order valence-electron chi connectivity index (χ4n) is 14.9. The Morgan fingerprint density at radius 3 is 1.45 bits per heavy atom. The van der Waals surface area contributed by atoms with Crippen LogP contribution in [0.5, 0.6) is 34.5 Å². The molecule has 0 amide bonds. The minimum Gasteiger partial charge on any atom is -0.497 e. The Morgan fingerprint density at radius 2 is 0.928 bits per heavy atom. The number of hydrogen-bond acceptors (Lipinski definition) is 30. The first-order valence-corrected chi connectivity index (χ1v) is 59.9. The summed E-state index contributed by atoms with van der Waals surface area (Å²) in [7, 11) is -7.39.